The summed E-state index contributed by atoms with van der Waals surface area (Å²) in [6.45, 7) is 10.3. The molecule has 2 heterocycles. The highest BCUT2D eigenvalue weighted by atomic mass is 79.9. The van der Waals surface area contributed by atoms with Crippen molar-refractivity contribution in [3.05, 3.63) is 38.0 Å². The molecule has 3 nitrogen and oxygen atoms in total. The van der Waals surface area contributed by atoms with Gasteiger partial charge in [-0.2, -0.15) is 0 Å². The van der Waals surface area contributed by atoms with Gasteiger partial charge in [-0.25, -0.2) is 0 Å². The summed E-state index contributed by atoms with van der Waals surface area (Å²) in [4.78, 5) is 14.9. The standard InChI is InChI=1S/C18H22BrNO2/c1-11-9-13-15(21)12(2)17(22-16(13)14(19)10-11)20-7-5-18(3,4)6-8-20/h9-10H,5-8H2,1-4H3. The number of benzene rings is 1. The molecular formula is C18H22BrNO2. The van der Waals surface area contributed by atoms with E-state index >= 15 is 0 Å². The van der Waals surface area contributed by atoms with Crippen molar-refractivity contribution < 1.29 is 4.42 Å². The van der Waals surface area contributed by atoms with Crippen LogP contribution in [0.5, 0.6) is 0 Å². The first-order valence-corrected chi connectivity index (χ1v) is 8.56. The number of rotatable bonds is 1. The lowest BCUT2D eigenvalue weighted by Crippen LogP contribution is -2.38. The maximum atomic E-state index is 12.7. The molecule has 0 unspecified atom stereocenters. The molecule has 4 heteroatoms. The van der Waals surface area contributed by atoms with Crippen LogP contribution in [0.1, 0.15) is 37.8 Å². The fourth-order valence-electron chi connectivity index (χ4n) is 3.09. The fraction of sp³-hybridized carbons (Fsp3) is 0.500. The number of aryl methyl sites for hydroxylation is 1. The van der Waals surface area contributed by atoms with E-state index in [-0.39, 0.29) is 5.43 Å². The van der Waals surface area contributed by atoms with Crippen molar-refractivity contribution in [3.8, 4) is 0 Å². The zero-order valence-electron chi connectivity index (χ0n) is 13.6. The summed E-state index contributed by atoms with van der Waals surface area (Å²) < 4.78 is 6.99. The van der Waals surface area contributed by atoms with Crippen molar-refractivity contribution in [2.75, 3.05) is 18.0 Å². The summed E-state index contributed by atoms with van der Waals surface area (Å²) >= 11 is 3.53. The number of halogens is 1. The van der Waals surface area contributed by atoms with Crippen molar-refractivity contribution >= 4 is 32.8 Å². The predicted molar refractivity (Wildman–Crippen MR) is 94.9 cm³/mol. The molecule has 0 spiro atoms. The Morgan fingerprint density at radius 3 is 2.45 bits per heavy atom. The average Bonchev–Trinajstić information content (AvgIpc) is 2.44. The summed E-state index contributed by atoms with van der Waals surface area (Å²) in [5.41, 5.74) is 2.87. The summed E-state index contributed by atoms with van der Waals surface area (Å²) in [7, 11) is 0. The van der Waals surface area contributed by atoms with E-state index in [1.807, 2.05) is 26.0 Å². The highest BCUT2D eigenvalue weighted by Crippen LogP contribution is 2.35. The van der Waals surface area contributed by atoms with Crippen LogP contribution < -0.4 is 10.3 Å². The van der Waals surface area contributed by atoms with E-state index < -0.39 is 0 Å². The van der Waals surface area contributed by atoms with E-state index in [1.165, 1.54) is 0 Å². The molecule has 0 N–H and O–H groups in total. The summed E-state index contributed by atoms with van der Waals surface area (Å²) in [5.74, 6) is 0.734. The SMILES string of the molecule is Cc1cc(Br)c2oc(N3CCC(C)(C)CC3)c(C)c(=O)c2c1. The first-order valence-electron chi connectivity index (χ1n) is 7.77. The zero-order chi connectivity index (χ0) is 16.1. The van der Waals surface area contributed by atoms with Gasteiger partial charge in [-0.3, -0.25) is 4.79 Å². The second-order valence-electron chi connectivity index (χ2n) is 7.14. The lowest BCUT2D eigenvalue weighted by molar-refractivity contribution is 0.274. The van der Waals surface area contributed by atoms with Gasteiger partial charge in [-0.15, -0.1) is 0 Å². The van der Waals surface area contributed by atoms with Crippen molar-refractivity contribution in [1.82, 2.24) is 0 Å². The Labute approximate surface area is 139 Å². The van der Waals surface area contributed by atoms with Gasteiger partial charge in [0, 0.05) is 13.1 Å². The van der Waals surface area contributed by atoms with Crippen LogP contribution >= 0.6 is 15.9 Å². The van der Waals surface area contributed by atoms with Crippen LogP contribution in [0.3, 0.4) is 0 Å². The van der Waals surface area contributed by atoms with Crippen LogP contribution in [0.2, 0.25) is 0 Å². The van der Waals surface area contributed by atoms with Gasteiger partial charge < -0.3 is 9.32 Å². The Morgan fingerprint density at radius 2 is 1.82 bits per heavy atom. The van der Waals surface area contributed by atoms with Crippen LogP contribution in [-0.2, 0) is 0 Å². The number of fused-ring (bicyclic) bond motifs is 1. The highest BCUT2D eigenvalue weighted by molar-refractivity contribution is 9.10. The molecule has 2 aromatic rings. The monoisotopic (exact) mass is 363 g/mol. The van der Waals surface area contributed by atoms with E-state index in [9.17, 15) is 4.79 Å². The number of nitrogens with zero attached hydrogens (tertiary/aromatic N) is 1. The summed E-state index contributed by atoms with van der Waals surface area (Å²) in [6.07, 6.45) is 2.23. The van der Waals surface area contributed by atoms with E-state index in [0.29, 0.717) is 21.9 Å². The smallest absolute Gasteiger partial charge is 0.202 e. The second-order valence-corrected chi connectivity index (χ2v) is 7.99. The molecule has 0 radical (unpaired) electrons. The number of hydrogen-bond acceptors (Lipinski definition) is 3. The number of anilines is 1. The molecule has 0 saturated carbocycles. The molecular weight excluding hydrogens is 342 g/mol. The fourth-order valence-corrected chi connectivity index (χ4v) is 3.75. The third kappa shape index (κ3) is 2.69. The summed E-state index contributed by atoms with van der Waals surface area (Å²) in [6, 6.07) is 3.89. The molecule has 0 aliphatic carbocycles. The van der Waals surface area contributed by atoms with Crippen molar-refractivity contribution in [1.29, 1.82) is 0 Å². The third-order valence-corrected chi connectivity index (χ3v) is 5.29. The van der Waals surface area contributed by atoms with Crippen molar-refractivity contribution in [3.63, 3.8) is 0 Å². The van der Waals surface area contributed by atoms with Crippen molar-refractivity contribution in [2.45, 2.75) is 40.5 Å². The van der Waals surface area contributed by atoms with Crippen molar-refractivity contribution in [2.24, 2.45) is 5.41 Å². The zero-order valence-corrected chi connectivity index (χ0v) is 15.2. The second kappa shape index (κ2) is 5.41. The minimum Gasteiger partial charge on any atom is -0.439 e. The maximum absolute atomic E-state index is 12.7. The topological polar surface area (TPSA) is 33.5 Å². The Hall–Kier alpha value is -1.29. The molecule has 118 valence electrons. The molecule has 1 aromatic carbocycles. The number of piperidine rings is 1. The van der Waals surface area contributed by atoms with Gasteiger partial charge in [0.2, 0.25) is 5.88 Å². The van der Waals surface area contributed by atoms with Gasteiger partial charge >= 0.3 is 0 Å². The predicted octanol–water partition coefficient (Wildman–Crippen LogP) is 4.80. The Kier molecular flexibility index (Phi) is 3.84. The van der Waals surface area contributed by atoms with Crippen LogP contribution in [0.25, 0.3) is 11.0 Å². The first-order chi connectivity index (χ1) is 10.3. The molecule has 22 heavy (non-hydrogen) atoms. The van der Waals surface area contributed by atoms with E-state index in [2.05, 4.69) is 34.7 Å². The third-order valence-electron chi connectivity index (χ3n) is 4.70. The Balaban J connectivity index is 2.12. The molecule has 1 aliphatic rings. The first kappa shape index (κ1) is 15.6. The molecule has 1 aliphatic heterocycles. The van der Waals surface area contributed by atoms with Crippen LogP contribution in [0, 0.1) is 19.3 Å². The van der Waals surface area contributed by atoms with Gasteiger partial charge in [-0.1, -0.05) is 13.8 Å². The normalized spacial score (nSPS) is 18.0. The Bertz CT molecular complexity index is 782. The van der Waals surface area contributed by atoms with Crippen LogP contribution in [-0.4, -0.2) is 13.1 Å². The molecule has 0 amide bonds. The summed E-state index contributed by atoms with van der Waals surface area (Å²) in [5, 5.41) is 0.658. The largest absolute Gasteiger partial charge is 0.439 e. The van der Waals surface area contributed by atoms with Gasteiger partial charge in [0.25, 0.3) is 0 Å². The van der Waals surface area contributed by atoms with Gasteiger partial charge in [0.05, 0.1) is 15.4 Å². The van der Waals surface area contributed by atoms with Gasteiger partial charge in [0.15, 0.2) is 11.0 Å². The van der Waals surface area contributed by atoms with Crippen LogP contribution in [0.15, 0.2) is 25.8 Å². The van der Waals surface area contributed by atoms with Gasteiger partial charge in [-0.05, 0) is 65.7 Å². The molecule has 3 rings (SSSR count). The molecule has 1 fully saturated rings. The molecule has 0 bridgehead atoms. The highest BCUT2D eigenvalue weighted by Gasteiger charge is 2.28. The lowest BCUT2D eigenvalue weighted by Gasteiger charge is -2.37. The minimum atomic E-state index is 0.0745. The average molecular weight is 364 g/mol. The van der Waals surface area contributed by atoms with E-state index in [0.717, 1.165) is 41.9 Å². The molecule has 1 aromatic heterocycles. The van der Waals surface area contributed by atoms with E-state index in [4.69, 9.17) is 4.42 Å². The molecule has 0 atom stereocenters. The van der Waals surface area contributed by atoms with Gasteiger partial charge in [0.1, 0.15) is 0 Å². The minimum absolute atomic E-state index is 0.0745. The number of hydrogen-bond donors (Lipinski definition) is 0. The Morgan fingerprint density at radius 1 is 1.18 bits per heavy atom. The molecule has 1 saturated heterocycles. The van der Waals surface area contributed by atoms with E-state index in [1.54, 1.807) is 0 Å². The lowest BCUT2D eigenvalue weighted by atomic mass is 9.82. The quantitative estimate of drug-likeness (QED) is 0.729. The maximum Gasteiger partial charge on any atom is 0.202 e. The van der Waals surface area contributed by atoms with Crippen LogP contribution in [0.4, 0.5) is 5.88 Å².